The number of carbonyl (C=O) groups excluding carboxylic acids is 2. The molecule has 0 aliphatic carbocycles. The lowest BCUT2D eigenvalue weighted by atomic mass is 10.2. The van der Waals surface area contributed by atoms with Gasteiger partial charge >= 0.3 is 5.97 Å². The molecule has 0 heterocycles. The van der Waals surface area contributed by atoms with Gasteiger partial charge in [0.2, 0.25) is 0 Å². The van der Waals surface area contributed by atoms with Crippen molar-refractivity contribution < 1.29 is 23.8 Å². The van der Waals surface area contributed by atoms with Crippen molar-refractivity contribution in [2.24, 2.45) is 0 Å². The highest BCUT2D eigenvalue weighted by atomic mass is 16.5. The zero-order valence-electron chi connectivity index (χ0n) is 12.2. The van der Waals surface area contributed by atoms with Crippen molar-refractivity contribution in [3.63, 3.8) is 0 Å². The largest absolute Gasteiger partial charge is 0.491 e. The second-order valence-electron chi connectivity index (χ2n) is 4.45. The first-order chi connectivity index (χ1) is 10.7. The molecule has 0 atom stereocenters. The summed E-state index contributed by atoms with van der Waals surface area (Å²) in [6.07, 6.45) is 0.698. The van der Waals surface area contributed by atoms with Gasteiger partial charge in [0.05, 0.1) is 12.2 Å². The van der Waals surface area contributed by atoms with Crippen LogP contribution in [0.5, 0.6) is 11.5 Å². The highest BCUT2D eigenvalue weighted by molar-refractivity contribution is 5.91. The van der Waals surface area contributed by atoms with Crippen LogP contribution in [0.3, 0.4) is 0 Å². The molecule has 0 aliphatic rings. The number of hydrogen-bond acceptors (Lipinski definition) is 5. The molecule has 2 rings (SSSR count). The Bertz CT molecular complexity index is 634. The second kappa shape index (κ2) is 7.95. The van der Waals surface area contributed by atoms with Gasteiger partial charge in [-0.15, -0.1) is 0 Å². The van der Waals surface area contributed by atoms with Crippen LogP contribution in [0.15, 0.2) is 48.5 Å². The van der Waals surface area contributed by atoms with E-state index in [4.69, 9.17) is 14.2 Å². The van der Waals surface area contributed by atoms with E-state index in [-0.39, 0.29) is 0 Å². The number of esters is 1. The Morgan fingerprint density at radius 3 is 2.50 bits per heavy atom. The van der Waals surface area contributed by atoms with E-state index in [0.717, 1.165) is 0 Å². The molecule has 5 nitrogen and oxygen atoms in total. The van der Waals surface area contributed by atoms with Gasteiger partial charge in [-0.3, -0.25) is 4.79 Å². The van der Waals surface area contributed by atoms with Crippen LogP contribution in [0.25, 0.3) is 0 Å². The van der Waals surface area contributed by atoms with Crippen molar-refractivity contribution in [2.45, 2.75) is 0 Å². The fraction of sp³-hybridized carbons (Fsp3) is 0.176. The van der Waals surface area contributed by atoms with Crippen molar-refractivity contribution in [1.29, 1.82) is 0 Å². The minimum atomic E-state index is -0.494. The minimum Gasteiger partial charge on any atom is -0.491 e. The third-order valence-electron chi connectivity index (χ3n) is 2.85. The topological polar surface area (TPSA) is 61.8 Å². The van der Waals surface area contributed by atoms with Crippen molar-refractivity contribution in [3.8, 4) is 11.5 Å². The van der Waals surface area contributed by atoms with Crippen LogP contribution in [0.1, 0.15) is 20.7 Å². The monoisotopic (exact) mass is 300 g/mol. The fourth-order valence-corrected chi connectivity index (χ4v) is 1.75. The predicted molar refractivity (Wildman–Crippen MR) is 80.6 cm³/mol. The number of rotatable bonds is 7. The Kier molecular flexibility index (Phi) is 5.68. The molecule has 2 aromatic rings. The van der Waals surface area contributed by atoms with Gasteiger partial charge in [0.1, 0.15) is 24.4 Å². The molecule has 0 aromatic heterocycles. The predicted octanol–water partition coefficient (Wildman–Crippen LogP) is 2.74. The standard InChI is InChI=1S/C17H16O5/c1-20-9-10-21-15-7-5-14(6-8-15)17(19)22-16-4-2-3-13(11-16)12-18/h2-8,11-12H,9-10H2,1H3. The third-order valence-corrected chi connectivity index (χ3v) is 2.85. The Hall–Kier alpha value is -2.66. The average Bonchev–Trinajstić information content (AvgIpc) is 2.56. The summed E-state index contributed by atoms with van der Waals surface area (Å²) >= 11 is 0. The molecule has 114 valence electrons. The lowest BCUT2D eigenvalue weighted by Gasteiger charge is -2.07. The summed E-state index contributed by atoms with van der Waals surface area (Å²) in [5.74, 6) is 0.484. The van der Waals surface area contributed by atoms with Crippen LogP contribution in [0, 0.1) is 0 Å². The number of aldehydes is 1. The van der Waals surface area contributed by atoms with Gasteiger partial charge in [0.15, 0.2) is 0 Å². The molecule has 0 amide bonds. The summed E-state index contributed by atoms with van der Waals surface area (Å²) in [6, 6.07) is 13.0. The van der Waals surface area contributed by atoms with Crippen LogP contribution < -0.4 is 9.47 Å². The summed E-state index contributed by atoms with van der Waals surface area (Å²) in [5.41, 5.74) is 0.850. The Morgan fingerprint density at radius 2 is 1.82 bits per heavy atom. The zero-order valence-corrected chi connectivity index (χ0v) is 12.2. The lowest BCUT2D eigenvalue weighted by molar-refractivity contribution is 0.0734. The van der Waals surface area contributed by atoms with Gasteiger partial charge in [-0.05, 0) is 36.4 Å². The molecule has 0 unspecified atom stereocenters. The second-order valence-corrected chi connectivity index (χ2v) is 4.45. The van der Waals surface area contributed by atoms with E-state index in [1.807, 2.05) is 0 Å². The quantitative estimate of drug-likeness (QED) is 0.340. The highest BCUT2D eigenvalue weighted by Gasteiger charge is 2.09. The van der Waals surface area contributed by atoms with Crippen LogP contribution in [0.4, 0.5) is 0 Å². The smallest absolute Gasteiger partial charge is 0.343 e. The zero-order chi connectivity index (χ0) is 15.8. The molecule has 0 fully saturated rings. The number of benzene rings is 2. The van der Waals surface area contributed by atoms with Crippen molar-refractivity contribution in [3.05, 3.63) is 59.7 Å². The molecule has 22 heavy (non-hydrogen) atoms. The summed E-state index contributed by atoms with van der Waals surface area (Å²) in [4.78, 5) is 22.7. The molecule has 0 radical (unpaired) electrons. The summed E-state index contributed by atoms with van der Waals surface area (Å²) in [7, 11) is 1.60. The van der Waals surface area contributed by atoms with E-state index < -0.39 is 5.97 Å². The van der Waals surface area contributed by atoms with Crippen molar-refractivity contribution in [2.75, 3.05) is 20.3 Å². The molecular formula is C17H16O5. The molecule has 0 aliphatic heterocycles. The number of methoxy groups -OCH3 is 1. The molecule has 2 aromatic carbocycles. The van der Waals surface area contributed by atoms with Gasteiger partial charge in [-0.1, -0.05) is 12.1 Å². The molecule has 5 heteroatoms. The molecule has 0 saturated heterocycles. The Labute approximate surface area is 128 Å². The average molecular weight is 300 g/mol. The molecule has 0 saturated carbocycles. The number of hydrogen-bond donors (Lipinski definition) is 0. The van der Waals surface area contributed by atoms with E-state index in [1.165, 1.54) is 6.07 Å². The van der Waals surface area contributed by atoms with E-state index in [1.54, 1.807) is 49.6 Å². The molecule has 0 spiro atoms. The molecular weight excluding hydrogens is 284 g/mol. The first-order valence-electron chi connectivity index (χ1n) is 6.72. The van der Waals surface area contributed by atoms with Gasteiger partial charge in [0.25, 0.3) is 0 Å². The SMILES string of the molecule is COCCOc1ccc(C(=O)Oc2cccc(C=O)c2)cc1. The van der Waals surface area contributed by atoms with Gasteiger partial charge in [-0.2, -0.15) is 0 Å². The van der Waals surface area contributed by atoms with Crippen LogP contribution in [-0.4, -0.2) is 32.6 Å². The van der Waals surface area contributed by atoms with Gasteiger partial charge < -0.3 is 14.2 Å². The van der Waals surface area contributed by atoms with E-state index >= 15 is 0 Å². The molecule has 0 bridgehead atoms. The Morgan fingerprint density at radius 1 is 1.05 bits per heavy atom. The van der Waals surface area contributed by atoms with E-state index in [0.29, 0.717) is 42.1 Å². The Balaban J connectivity index is 1.98. The fourth-order valence-electron chi connectivity index (χ4n) is 1.75. The van der Waals surface area contributed by atoms with Crippen LogP contribution in [-0.2, 0) is 4.74 Å². The minimum absolute atomic E-state index is 0.329. The first kappa shape index (κ1) is 15.7. The van der Waals surface area contributed by atoms with E-state index in [2.05, 4.69) is 0 Å². The summed E-state index contributed by atoms with van der Waals surface area (Å²) < 4.78 is 15.5. The van der Waals surface area contributed by atoms with Crippen LogP contribution >= 0.6 is 0 Å². The maximum absolute atomic E-state index is 12.0. The van der Waals surface area contributed by atoms with Gasteiger partial charge in [-0.25, -0.2) is 4.79 Å². The lowest BCUT2D eigenvalue weighted by Crippen LogP contribution is -2.09. The third kappa shape index (κ3) is 4.43. The maximum atomic E-state index is 12.0. The van der Waals surface area contributed by atoms with Gasteiger partial charge in [0, 0.05) is 12.7 Å². The summed E-state index contributed by atoms with van der Waals surface area (Å²) in [6.45, 7) is 0.940. The number of ether oxygens (including phenoxy) is 3. The maximum Gasteiger partial charge on any atom is 0.343 e. The van der Waals surface area contributed by atoms with Crippen LogP contribution in [0.2, 0.25) is 0 Å². The highest BCUT2D eigenvalue weighted by Crippen LogP contribution is 2.16. The first-order valence-corrected chi connectivity index (χ1v) is 6.72. The summed E-state index contributed by atoms with van der Waals surface area (Å²) in [5, 5.41) is 0. The number of carbonyl (C=O) groups is 2. The normalized spacial score (nSPS) is 10.0. The molecule has 0 N–H and O–H groups in total. The van der Waals surface area contributed by atoms with Crippen molar-refractivity contribution >= 4 is 12.3 Å². The van der Waals surface area contributed by atoms with Crippen molar-refractivity contribution in [1.82, 2.24) is 0 Å². The van der Waals surface area contributed by atoms with E-state index in [9.17, 15) is 9.59 Å².